The van der Waals surface area contributed by atoms with Crippen molar-refractivity contribution in [1.82, 2.24) is 0 Å². The van der Waals surface area contributed by atoms with E-state index in [1.165, 1.54) is 5.57 Å². The fourth-order valence-electron chi connectivity index (χ4n) is 11.0. The number of carbonyl (C=O) groups is 4. The van der Waals surface area contributed by atoms with E-state index in [1.54, 1.807) is 0 Å². The van der Waals surface area contributed by atoms with E-state index in [4.69, 9.17) is 9.84 Å². The smallest absolute Gasteiger partial charge is 0.309 e. The van der Waals surface area contributed by atoms with E-state index in [1.807, 2.05) is 13.0 Å². The molecule has 5 rings (SSSR count). The predicted molar refractivity (Wildman–Crippen MR) is 160 cm³/mol. The van der Waals surface area contributed by atoms with Crippen LogP contribution in [0, 0.1) is 50.2 Å². The number of ketones is 1. The van der Waals surface area contributed by atoms with Crippen LogP contribution in [0.4, 0.5) is 0 Å². The van der Waals surface area contributed by atoms with Crippen LogP contribution in [0.2, 0.25) is 0 Å². The molecule has 0 aromatic heterocycles. The summed E-state index contributed by atoms with van der Waals surface area (Å²) in [5.74, 6) is -1.87. The van der Waals surface area contributed by atoms with Crippen molar-refractivity contribution < 1.29 is 34.1 Å². The van der Waals surface area contributed by atoms with Crippen molar-refractivity contribution in [2.24, 2.45) is 50.2 Å². The first kappa shape index (κ1) is 33.7. The number of hydrogen-bond donors (Lipinski definition) is 2. The van der Waals surface area contributed by atoms with Gasteiger partial charge in [-0.15, -0.1) is 0 Å². The Morgan fingerprint density at radius 2 is 1.52 bits per heavy atom. The average Bonchev–Trinajstić information content (AvgIpc) is 2.86. The summed E-state index contributed by atoms with van der Waals surface area (Å²) in [6.07, 6.45) is 8.80. The zero-order chi connectivity index (χ0) is 30.4. The maximum Gasteiger partial charge on any atom is 0.309 e. The van der Waals surface area contributed by atoms with Gasteiger partial charge < -0.3 is 14.9 Å². The standard InChI is InChI=1S/C34H50O7.Na/c1-29(2)23-10-13-34(7)27(32(23,5)12-11-24(29)41-26(38)9-8-25(36)37)22(35)18-20-21-19-31(4,28(39)40)15-14-30(21,3)16-17-33(20,34)6;/h18,21,23-24,27H,8-17,19H2,1-7H3,(H,36,37)(H,39,40);/t21-,23-,24-,27+,30+,31-,32-,33+,34+;/m0./s1. The molecule has 2 N–H and O–H groups in total. The third-order valence-corrected chi connectivity index (χ3v) is 13.8. The molecule has 0 amide bonds. The van der Waals surface area contributed by atoms with Crippen molar-refractivity contribution in [3.8, 4) is 0 Å². The molecule has 5 aliphatic rings. The Hall–Kier alpha value is -1.18. The molecular weight excluding hydrogens is 543 g/mol. The van der Waals surface area contributed by atoms with Crippen LogP contribution in [0.5, 0.6) is 0 Å². The number of fused-ring (bicyclic) bond motifs is 7. The minimum atomic E-state index is -1.01. The van der Waals surface area contributed by atoms with E-state index in [2.05, 4.69) is 41.5 Å². The molecular formula is C34H50NaO7. The first-order valence-corrected chi connectivity index (χ1v) is 15.7. The van der Waals surface area contributed by atoms with Gasteiger partial charge in [0.15, 0.2) is 5.78 Å². The van der Waals surface area contributed by atoms with E-state index in [0.29, 0.717) is 19.3 Å². The van der Waals surface area contributed by atoms with Crippen molar-refractivity contribution in [1.29, 1.82) is 0 Å². The maximum atomic E-state index is 14.5. The van der Waals surface area contributed by atoms with E-state index < -0.39 is 23.3 Å². The molecule has 229 valence electrons. The minimum Gasteiger partial charge on any atom is -0.481 e. The molecule has 0 aromatic rings. The van der Waals surface area contributed by atoms with Gasteiger partial charge in [0.05, 0.1) is 18.3 Å². The Kier molecular flexibility index (Phi) is 8.60. The molecule has 0 spiro atoms. The zero-order valence-corrected chi connectivity index (χ0v) is 29.1. The van der Waals surface area contributed by atoms with Crippen LogP contribution in [0.15, 0.2) is 11.6 Å². The van der Waals surface area contributed by atoms with Gasteiger partial charge in [-0.25, -0.2) is 0 Å². The number of carbonyl (C=O) groups excluding carboxylic acids is 2. The number of carboxylic acids is 2. The van der Waals surface area contributed by atoms with Crippen molar-refractivity contribution in [2.45, 2.75) is 125 Å². The summed E-state index contributed by atoms with van der Waals surface area (Å²) in [5.41, 5.74) is -0.553. The van der Waals surface area contributed by atoms with Crippen molar-refractivity contribution >= 4 is 53.2 Å². The summed E-state index contributed by atoms with van der Waals surface area (Å²) in [6, 6.07) is 0. The molecule has 4 saturated carbocycles. The van der Waals surface area contributed by atoms with Crippen LogP contribution >= 0.6 is 0 Å². The van der Waals surface area contributed by atoms with Gasteiger partial charge >= 0.3 is 17.9 Å². The second-order valence-corrected chi connectivity index (χ2v) is 16.3. The van der Waals surface area contributed by atoms with Crippen molar-refractivity contribution in [3.05, 3.63) is 11.6 Å². The van der Waals surface area contributed by atoms with Gasteiger partial charge in [0.25, 0.3) is 0 Å². The molecule has 0 heterocycles. The number of ether oxygens (including phenoxy) is 1. The van der Waals surface area contributed by atoms with Crippen LogP contribution in [0.25, 0.3) is 0 Å². The summed E-state index contributed by atoms with van der Waals surface area (Å²) in [4.78, 5) is 50.3. The maximum absolute atomic E-state index is 14.5. The molecule has 8 heteroatoms. The fourth-order valence-corrected chi connectivity index (χ4v) is 11.0. The van der Waals surface area contributed by atoms with Gasteiger partial charge in [-0.05, 0) is 104 Å². The number of carboxylic acid groups (broad SMARTS) is 2. The molecule has 7 nitrogen and oxygen atoms in total. The van der Waals surface area contributed by atoms with Gasteiger partial charge in [-0.1, -0.05) is 47.1 Å². The van der Waals surface area contributed by atoms with Crippen LogP contribution in [-0.4, -0.2) is 69.6 Å². The van der Waals surface area contributed by atoms with Gasteiger partial charge in [-0.3, -0.25) is 19.2 Å². The number of esters is 1. The fraction of sp³-hybridized carbons (Fsp3) is 0.824. The number of aliphatic carboxylic acids is 2. The summed E-state index contributed by atoms with van der Waals surface area (Å²) in [7, 11) is 0. The molecule has 42 heavy (non-hydrogen) atoms. The normalized spacial score (nSPS) is 45.5. The Bertz CT molecular complexity index is 1210. The van der Waals surface area contributed by atoms with E-state index in [0.717, 1.165) is 38.5 Å². The first-order valence-electron chi connectivity index (χ1n) is 15.7. The van der Waals surface area contributed by atoms with Crippen molar-refractivity contribution in [3.63, 3.8) is 0 Å². The molecule has 1 radical (unpaired) electrons. The van der Waals surface area contributed by atoms with E-state index in [-0.39, 0.29) is 99.1 Å². The molecule has 0 bridgehead atoms. The first-order chi connectivity index (χ1) is 18.8. The largest absolute Gasteiger partial charge is 0.481 e. The molecule has 0 aliphatic heterocycles. The monoisotopic (exact) mass is 593 g/mol. The Labute approximate surface area is 273 Å². The van der Waals surface area contributed by atoms with Crippen LogP contribution in [0.3, 0.4) is 0 Å². The number of hydrogen-bond acceptors (Lipinski definition) is 5. The third kappa shape index (κ3) is 4.78. The van der Waals surface area contributed by atoms with Gasteiger partial charge in [0, 0.05) is 40.9 Å². The Morgan fingerprint density at radius 1 is 0.881 bits per heavy atom. The Balaban J connectivity index is 0.00000405. The minimum absolute atomic E-state index is 0. The van der Waals surface area contributed by atoms with Crippen LogP contribution in [0.1, 0.15) is 119 Å². The van der Waals surface area contributed by atoms with Crippen LogP contribution < -0.4 is 0 Å². The van der Waals surface area contributed by atoms with E-state index in [9.17, 15) is 24.3 Å². The summed E-state index contributed by atoms with van der Waals surface area (Å²) in [6.45, 7) is 15.5. The number of allylic oxidation sites excluding steroid dienone is 2. The van der Waals surface area contributed by atoms with Crippen LogP contribution in [-0.2, 0) is 23.9 Å². The quantitative estimate of drug-likeness (QED) is 0.278. The second kappa shape index (κ2) is 10.7. The van der Waals surface area contributed by atoms with Crippen molar-refractivity contribution in [2.75, 3.05) is 0 Å². The Morgan fingerprint density at radius 3 is 2.14 bits per heavy atom. The summed E-state index contributed by atoms with van der Waals surface area (Å²) in [5, 5.41) is 19.1. The van der Waals surface area contributed by atoms with Gasteiger partial charge in [0.1, 0.15) is 6.10 Å². The predicted octanol–water partition coefficient (Wildman–Crippen LogP) is 6.45. The SMILES string of the molecule is CC1(C)[C@@H](OC(=O)CCC(=O)O)CC[C@]2(C)[C@H]3C(=O)C=C4[C@@H]5C[C@@](C)(C(=O)O)CC[C@]5(C)CC[C@@]4(C)[C@]3(C)CC[C@@H]12.[Na]. The molecule has 0 saturated heterocycles. The average molecular weight is 594 g/mol. The molecule has 0 unspecified atom stereocenters. The van der Waals surface area contributed by atoms with E-state index >= 15 is 0 Å². The third-order valence-electron chi connectivity index (χ3n) is 13.8. The summed E-state index contributed by atoms with van der Waals surface area (Å²) >= 11 is 0. The molecule has 5 aliphatic carbocycles. The second-order valence-electron chi connectivity index (χ2n) is 16.3. The molecule has 0 aromatic carbocycles. The number of rotatable bonds is 5. The molecule has 9 atom stereocenters. The zero-order valence-electron chi connectivity index (χ0n) is 27.1. The summed E-state index contributed by atoms with van der Waals surface area (Å²) < 4.78 is 5.91. The van der Waals surface area contributed by atoms with Gasteiger partial charge in [-0.2, -0.15) is 0 Å². The van der Waals surface area contributed by atoms with Gasteiger partial charge in [0.2, 0.25) is 0 Å². The molecule has 4 fully saturated rings. The topological polar surface area (TPSA) is 118 Å².